The van der Waals surface area contributed by atoms with Crippen molar-refractivity contribution in [1.29, 1.82) is 0 Å². The van der Waals surface area contributed by atoms with Crippen LogP contribution in [0.1, 0.15) is 38.3 Å². The Bertz CT molecular complexity index is 517. The van der Waals surface area contributed by atoms with Crippen LogP contribution in [-0.2, 0) is 4.79 Å². The van der Waals surface area contributed by atoms with Crippen LogP contribution in [0.4, 0.5) is 8.78 Å². The molecular formula is C16H22F2N2O2. The molecule has 1 aliphatic heterocycles. The Hall–Kier alpha value is -1.69. The number of rotatable bonds is 5. The fourth-order valence-electron chi connectivity index (χ4n) is 2.66. The van der Waals surface area contributed by atoms with Gasteiger partial charge < -0.3 is 15.4 Å². The van der Waals surface area contributed by atoms with Crippen LogP contribution in [0, 0.1) is 5.41 Å². The van der Waals surface area contributed by atoms with Crippen molar-refractivity contribution in [2.24, 2.45) is 5.41 Å². The van der Waals surface area contributed by atoms with Crippen molar-refractivity contribution in [1.82, 2.24) is 10.6 Å². The van der Waals surface area contributed by atoms with Gasteiger partial charge in [-0.05, 0) is 50.9 Å². The highest BCUT2D eigenvalue weighted by Gasteiger charge is 2.35. The lowest BCUT2D eigenvalue weighted by Crippen LogP contribution is -2.49. The number of carbonyl (C=O) groups is 1. The Balaban J connectivity index is 2.02. The highest BCUT2D eigenvalue weighted by atomic mass is 19.3. The third-order valence-electron chi connectivity index (χ3n) is 4.08. The van der Waals surface area contributed by atoms with E-state index < -0.39 is 12.0 Å². The number of alkyl halides is 2. The molecular weight excluding hydrogens is 290 g/mol. The molecule has 0 spiro atoms. The first-order chi connectivity index (χ1) is 10.4. The molecule has 2 N–H and O–H groups in total. The molecule has 122 valence electrons. The number of amides is 1. The summed E-state index contributed by atoms with van der Waals surface area (Å²) in [5.41, 5.74) is 0.308. The first kappa shape index (κ1) is 16.7. The quantitative estimate of drug-likeness (QED) is 0.879. The minimum absolute atomic E-state index is 0.0209. The van der Waals surface area contributed by atoms with Crippen LogP contribution >= 0.6 is 0 Å². The predicted molar refractivity (Wildman–Crippen MR) is 79.8 cm³/mol. The molecule has 2 rings (SSSR count). The Kier molecular flexibility index (Phi) is 5.34. The Morgan fingerprint density at radius 1 is 1.45 bits per heavy atom. The van der Waals surface area contributed by atoms with Crippen molar-refractivity contribution in [3.63, 3.8) is 0 Å². The van der Waals surface area contributed by atoms with Crippen LogP contribution in [-0.4, -0.2) is 25.6 Å². The van der Waals surface area contributed by atoms with E-state index >= 15 is 0 Å². The Morgan fingerprint density at radius 3 is 2.86 bits per heavy atom. The monoisotopic (exact) mass is 312 g/mol. The van der Waals surface area contributed by atoms with E-state index in [0.717, 1.165) is 24.9 Å². The first-order valence-electron chi connectivity index (χ1n) is 7.47. The molecule has 1 aromatic rings. The SMILES string of the molecule is CC(NC(=O)C1(C)CCCNC1)c1cccc(OC(F)F)c1. The van der Waals surface area contributed by atoms with Crippen LogP contribution in [0.5, 0.6) is 5.75 Å². The molecule has 2 atom stereocenters. The van der Waals surface area contributed by atoms with Gasteiger partial charge in [-0.15, -0.1) is 0 Å². The molecule has 1 saturated heterocycles. The maximum Gasteiger partial charge on any atom is 0.387 e. The number of halogens is 2. The third-order valence-corrected chi connectivity index (χ3v) is 4.08. The zero-order valence-electron chi connectivity index (χ0n) is 12.9. The van der Waals surface area contributed by atoms with Crippen molar-refractivity contribution >= 4 is 5.91 Å². The van der Waals surface area contributed by atoms with E-state index in [9.17, 15) is 13.6 Å². The molecule has 0 aromatic heterocycles. The number of nitrogens with one attached hydrogen (secondary N) is 2. The number of hydrogen-bond acceptors (Lipinski definition) is 3. The van der Waals surface area contributed by atoms with Crippen molar-refractivity contribution in [3.8, 4) is 5.75 Å². The smallest absolute Gasteiger partial charge is 0.387 e. The molecule has 22 heavy (non-hydrogen) atoms. The van der Waals surface area contributed by atoms with Crippen molar-refractivity contribution in [2.75, 3.05) is 13.1 Å². The Labute approximate surface area is 129 Å². The van der Waals surface area contributed by atoms with Gasteiger partial charge in [-0.25, -0.2) is 0 Å². The zero-order chi connectivity index (χ0) is 16.2. The van der Waals surface area contributed by atoms with Crippen molar-refractivity contribution in [2.45, 2.75) is 39.3 Å². The molecule has 1 aliphatic rings. The highest BCUT2D eigenvalue weighted by Crippen LogP contribution is 2.27. The maximum absolute atomic E-state index is 12.5. The average Bonchev–Trinajstić information content (AvgIpc) is 2.47. The number of benzene rings is 1. The molecule has 0 aliphatic carbocycles. The summed E-state index contributed by atoms with van der Waals surface area (Å²) in [7, 11) is 0. The fourth-order valence-corrected chi connectivity index (χ4v) is 2.66. The molecule has 1 fully saturated rings. The normalized spacial score (nSPS) is 23.1. The number of ether oxygens (including phenoxy) is 1. The molecule has 4 nitrogen and oxygen atoms in total. The third kappa shape index (κ3) is 4.16. The lowest BCUT2D eigenvalue weighted by atomic mass is 9.81. The standard InChI is InChI=1S/C16H22F2N2O2/c1-11(12-5-3-6-13(9-12)22-15(17)18)20-14(21)16(2)7-4-8-19-10-16/h3,5-6,9,11,15,19H,4,7-8,10H2,1-2H3,(H,20,21). The molecule has 2 unspecified atom stereocenters. The van der Waals surface area contributed by atoms with E-state index in [-0.39, 0.29) is 17.7 Å². The zero-order valence-corrected chi connectivity index (χ0v) is 12.9. The van der Waals surface area contributed by atoms with Crippen LogP contribution in [0.25, 0.3) is 0 Å². The number of hydrogen-bond donors (Lipinski definition) is 2. The summed E-state index contributed by atoms with van der Waals surface area (Å²) in [5.74, 6) is 0.0755. The minimum atomic E-state index is -2.85. The van der Waals surface area contributed by atoms with E-state index in [1.807, 2.05) is 13.8 Å². The molecule has 0 saturated carbocycles. The van der Waals surface area contributed by atoms with E-state index in [1.165, 1.54) is 12.1 Å². The molecule has 1 aromatic carbocycles. The summed E-state index contributed by atoms with van der Waals surface area (Å²) in [6, 6.07) is 6.15. The van der Waals surface area contributed by atoms with E-state index in [2.05, 4.69) is 15.4 Å². The molecule has 6 heteroatoms. The summed E-state index contributed by atoms with van der Waals surface area (Å²) in [5, 5.41) is 6.20. The summed E-state index contributed by atoms with van der Waals surface area (Å²) in [6.07, 6.45) is 1.81. The second-order valence-corrected chi connectivity index (χ2v) is 5.99. The summed E-state index contributed by atoms with van der Waals surface area (Å²) >= 11 is 0. The van der Waals surface area contributed by atoms with Crippen LogP contribution in [0.2, 0.25) is 0 Å². The van der Waals surface area contributed by atoms with E-state index in [4.69, 9.17) is 0 Å². The number of piperidine rings is 1. The van der Waals surface area contributed by atoms with Crippen LogP contribution < -0.4 is 15.4 Å². The van der Waals surface area contributed by atoms with E-state index in [1.54, 1.807) is 12.1 Å². The van der Waals surface area contributed by atoms with Gasteiger partial charge in [-0.1, -0.05) is 12.1 Å². The lowest BCUT2D eigenvalue weighted by Gasteiger charge is -2.33. The average molecular weight is 312 g/mol. The predicted octanol–water partition coefficient (Wildman–Crippen LogP) is 2.85. The number of carbonyl (C=O) groups excluding carboxylic acids is 1. The molecule has 1 heterocycles. The summed E-state index contributed by atoms with van der Waals surface area (Å²) < 4.78 is 28.9. The topological polar surface area (TPSA) is 50.4 Å². The molecule has 1 amide bonds. The summed E-state index contributed by atoms with van der Waals surface area (Å²) in [4.78, 5) is 12.5. The van der Waals surface area contributed by atoms with Crippen LogP contribution in [0.15, 0.2) is 24.3 Å². The van der Waals surface area contributed by atoms with E-state index in [0.29, 0.717) is 6.54 Å². The Morgan fingerprint density at radius 2 is 2.23 bits per heavy atom. The van der Waals surface area contributed by atoms with Gasteiger partial charge >= 0.3 is 6.61 Å². The highest BCUT2D eigenvalue weighted by molar-refractivity contribution is 5.83. The van der Waals surface area contributed by atoms with Crippen molar-refractivity contribution < 1.29 is 18.3 Å². The van der Waals surface area contributed by atoms with Gasteiger partial charge in [0.25, 0.3) is 0 Å². The largest absolute Gasteiger partial charge is 0.435 e. The van der Waals surface area contributed by atoms with Crippen LogP contribution in [0.3, 0.4) is 0 Å². The van der Waals surface area contributed by atoms with Gasteiger partial charge in [-0.3, -0.25) is 4.79 Å². The van der Waals surface area contributed by atoms with Gasteiger partial charge in [-0.2, -0.15) is 8.78 Å². The van der Waals surface area contributed by atoms with Gasteiger partial charge in [0.05, 0.1) is 11.5 Å². The molecule has 0 radical (unpaired) electrons. The van der Waals surface area contributed by atoms with Crippen molar-refractivity contribution in [3.05, 3.63) is 29.8 Å². The first-order valence-corrected chi connectivity index (χ1v) is 7.47. The second-order valence-electron chi connectivity index (χ2n) is 5.99. The maximum atomic E-state index is 12.5. The fraction of sp³-hybridized carbons (Fsp3) is 0.562. The van der Waals surface area contributed by atoms with Gasteiger partial charge in [0.2, 0.25) is 5.91 Å². The minimum Gasteiger partial charge on any atom is -0.435 e. The van der Waals surface area contributed by atoms with Gasteiger partial charge in [0.15, 0.2) is 0 Å². The summed E-state index contributed by atoms with van der Waals surface area (Å²) in [6.45, 7) is 2.51. The van der Waals surface area contributed by atoms with Gasteiger partial charge in [0.1, 0.15) is 5.75 Å². The second kappa shape index (κ2) is 7.05. The lowest BCUT2D eigenvalue weighted by molar-refractivity contribution is -0.131. The van der Waals surface area contributed by atoms with Gasteiger partial charge in [0, 0.05) is 6.54 Å². The molecule has 0 bridgehead atoms.